The summed E-state index contributed by atoms with van der Waals surface area (Å²) in [5.41, 5.74) is 3.63. The van der Waals surface area contributed by atoms with Crippen LogP contribution in [0.25, 0.3) is 33.4 Å². The molecular weight excluding hydrogens is 394 g/mol. The Balaban J connectivity index is 1.87. The number of thioether (sulfide) groups is 1. The lowest BCUT2D eigenvalue weighted by atomic mass is 9.98. The van der Waals surface area contributed by atoms with Crippen LogP contribution in [0, 0.1) is 0 Å². The predicted molar refractivity (Wildman–Crippen MR) is 112 cm³/mol. The van der Waals surface area contributed by atoms with Crippen molar-refractivity contribution < 1.29 is 4.55 Å². The summed E-state index contributed by atoms with van der Waals surface area (Å²) in [5.74, 6) is 1.34. The average molecular weight is 414 g/mol. The maximum absolute atomic E-state index is 10.1. The van der Waals surface area contributed by atoms with Gasteiger partial charge in [0.05, 0.1) is 10.4 Å². The maximum atomic E-state index is 10.1. The summed E-state index contributed by atoms with van der Waals surface area (Å²) in [5, 5.41) is 23.2. The number of aryl methyl sites for hydroxylation is 1. The van der Waals surface area contributed by atoms with E-state index >= 15 is 0 Å². The molecular formula is C18H19N7OS2. The van der Waals surface area contributed by atoms with Crippen LogP contribution in [0.4, 0.5) is 0 Å². The monoisotopic (exact) mass is 413 g/mol. The Hall–Kier alpha value is -2.40. The molecule has 28 heavy (non-hydrogen) atoms. The zero-order chi connectivity index (χ0) is 19.5. The summed E-state index contributed by atoms with van der Waals surface area (Å²) >= 11 is 2.39. The van der Waals surface area contributed by atoms with Crippen LogP contribution in [0.2, 0.25) is 0 Å². The fourth-order valence-corrected chi connectivity index (χ4v) is 4.74. The number of nitrogens with one attached hydrogen (secondary N) is 2. The lowest BCUT2D eigenvalue weighted by Gasteiger charge is -2.15. The van der Waals surface area contributed by atoms with E-state index in [2.05, 4.69) is 37.1 Å². The van der Waals surface area contributed by atoms with Crippen molar-refractivity contribution in [1.29, 1.82) is 0 Å². The summed E-state index contributed by atoms with van der Waals surface area (Å²) in [6.45, 7) is 0.872. The first-order valence-electron chi connectivity index (χ1n) is 8.64. The van der Waals surface area contributed by atoms with Crippen molar-refractivity contribution in [3.05, 3.63) is 36.5 Å². The van der Waals surface area contributed by atoms with Crippen LogP contribution in [0.1, 0.15) is 0 Å². The molecule has 0 spiro atoms. The zero-order valence-corrected chi connectivity index (χ0v) is 17.0. The lowest BCUT2D eigenvalue weighted by molar-refractivity contribution is 0.662. The second kappa shape index (κ2) is 8.31. The quantitative estimate of drug-likeness (QED) is 0.241. The highest BCUT2D eigenvalue weighted by Crippen LogP contribution is 2.43. The smallest absolute Gasteiger partial charge is 0.206 e. The van der Waals surface area contributed by atoms with E-state index in [1.165, 1.54) is 0 Å². The van der Waals surface area contributed by atoms with Gasteiger partial charge in [0.1, 0.15) is 0 Å². The van der Waals surface area contributed by atoms with Gasteiger partial charge in [0.2, 0.25) is 5.82 Å². The molecule has 4 aromatic rings. The molecule has 144 valence electrons. The van der Waals surface area contributed by atoms with E-state index in [1.54, 1.807) is 16.4 Å². The molecule has 0 bridgehead atoms. The number of fused-ring (bicyclic) bond motifs is 1. The minimum Gasteiger partial charge on any atom is -0.325 e. The Labute approximate surface area is 170 Å². The van der Waals surface area contributed by atoms with Crippen molar-refractivity contribution in [3.63, 3.8) is 0 Å². The van der Waals surface area contributed by atoms with E-state index in [0.717, 1.165) is 49.7 Å². The summed E-state index contributed by atoms with van der Waals surface area (Å²) in [6, 6.07) is 10.2. The SMILES string of the molecule is CNCCSc1ccc(-c2ccc3nn(C)cc3c2)c(-c2nn[nH]n2)c1SO. The number of aromatic nitrogens is 6. The Morgan fingerprint density at radius 1 is 1.25 bits per heavy atom. The molecule has 0 aliphatic heterocycles. The van der Waals surface area contributed by atoms with Crippen molar-refractivity contribution in [2.75, 3.05) is 19.3 Å². The normalized spacial score (nSPS) is 11.4. The first-order valence-corrected chi connectivity index (χ1v) is 10.4. The van der Waals surface area contributed by atoms with E-state index in [-0.39, 0.29) is 0 Å². The van der Waals surface area contributed by atoms with Gasteiger partial charge in [0.25, 0.3) is 0 Å². The van der Waals surface area contributed by atoms with Crippen LogP contribution in [-0.4, -0.2) is 54.3 Å². The Morgan fingerprint density at radius 2 is 2.14 bits per heavy atom. The second-order valence-corrected chi connectivity index (χ2v) is 7.90. The molecule has 0 fully saturated rings. The second-order valence-electron chi connectivity index (χ2n) is 6.17. The standard InChI is InChI=1S/C18H19N7OS2/c1-19-7-8-27-15-6-4-13(16(17(15)28-26)18-20-23-24-21-18)11-3-5-14-12(9-11)10-25(2)22-14/h3-6,9-10,19,26H,7-8H2,1-2H3,(H,20,21,23,24). The molecule has 2 aromatic carbocycles. The highest BCUT2D eigenvalue weighted by atomic mass is 32.2. The average Bonchev–Trinajstić information content (AvgIpc) is 3.35. The molecule has 0 saturated heterocycles. The fraction of sp³-hybridized carbons (Fsp3) is 0.222. The molecule has 0 unspecified atom stereocenters. The molecule has 0 atom stereocenters. The van der Waals surface area contributed by atoms with Gasteiger partial charge in [0, 0.05) is 53.4 Å². The van der Waals surface area contributed by atoms with E-state index in [1.807, 2.05) is 44.6 Å². The van der Waals surface area contributed by atoms with Crippen LogP contribution in [-0.2, 0) is 7.05 Å². The van der Waals surface area contributed by atoms with Gasteiger partial charge in [-0.3, -0.25) is 4.68 Å². The number of rotatable bonds is 7. The van der Waals surface area contributed by atoms with Crippen molar-refractivity contribution in [2.24, 2.45) is 7.05 Å². The number of tetrazole rings is 1. The van der Waals surface area contributed by atoms with Crippen molar-refractivity contribution in [2.45, 2.75) is 9.79 Å². The third kappa shape index (κ3) is 3.63. The Morgan fingerprint density at radius 3 is 2.89 bits per heavy atom. The molecule has 0 saturated carbocycles. The number of hydrogen-bond donors (Lipinski definition) is 3. The summed E-state index contributed by atoms with van der Waals surface area (Å²) in [6.07, 6.45) is 1.98. The topological polar surface area (TPSA) is 105 Å². The van der Waals surface area contributed by atoms with Crippen LogP contribution < -0.4 is 5.32 Å². The van der Waals surface area contributed by atoms with Crippen molar-refractivity contribution in [3.8, 4) is 22.5 Å². The molecule has 8 nitrogen and oxygen atoms in total. The minimum absolute atomic E-state index is 0.453. The van der Waals surface area contributed by atoms with E-state index in [0.29, 0.717) is 17.9 Å². The third-order valence-corrected chi connectivity index (χ3v) is 6.12. The zero-order valence-electron chi connectivity index (χ0n) is 15.4. The predicted octanol–water partition coefficient (Wildman–Crippen LogP) is 3.30. The van der Waals surface area contributed by atoms with E-state index < -0.39 is 0 Å². The summed E-state index contributed by atoms with van der Waals surface area (Å²) in [7, 11) is 3.83. The summed E-state index contributed by atoms with van der Waals surface area (Å²) in [4.78, 5) is 1.71. The van der Waals surface area contributed by atoms with Crippen LogP contribution in [0.3, 0.4) is 0 Å². The number of benzene rings is 2. The van der Waals surface area contributed by atoms with E-state index in [4.69, 9.17) is 0 Å². The molecule has 2 heterocycles. The Bertz CT molecular complexity index is 1090. The summed E-state index contributed by atoms with van der Waals surface area (Å²) < 4.78 is 11.9. The Kier molecular flexibility index (Phi) is 5.62. The molecule has 4 rings (SSSR count). The van der Waals surface area contributed by atoms with Crippen LogP contribution >= 0.6 is 23.8 Å². The number of nitrogens with zero attached hydrogens (tertiary/aromatic N) is 5. The van der Waals surface area contributed by atoms with Crippen LogP contribution in [0.5, 0.6) is 0 Å². The molecule has 0 radical (unpaired) electrons. The van der Waals surface area contributed by atoms with Gasteiger partial charge >= 0.3 is 0 Å². The van der Waals surface area contributed by atoms with E-state index in [9.17, 15) is 4.55 Å². The maximum Gasteiger partial charge on any atom is 0.206 e. The first kappa shape index (κ1) is 18.9. The largest absolute Gasteiger partial charge is 0.325 e. The molecule has 0 aliphatic carbocycles. The third-order valence-electron chi connectivity index (χ3n) is 4.32. The molecule has 2 aromatic heterocycles. The number of hydrogen-bond acceptors (Lipinski definition) is 8. The van der Waals surface area contributed by atoms with Crippen molar-refractivity contribution >= 4 is 34.7 Å². The van der Waals surface area contributed by atoms with Gasteiger partial charge in [0.15, 0.2) is 0 Å². The van der Waals surface area contributed by atoms with Gasteiger partial charge in [-0.05, 0) is 41.6 Å². The lowest BCUT2D eigenvalue weighted by Crippen LogP contribution is -2.09. The number of H-pyrrole nitrogens is 1. The highest BCUT2D eigenvalue weighted by Gasteiger charge is 2.20. The van der Waals surface area contributed by atoms with Gasteiger partial charge < -0.3 is 9.87 Å². The van der Waals surface area contributed by atoms with Gasteiger partial charge in [-0.2, -0.15) is 10.3 Å². The molecule has 10 heteroatoms. The van der Waals surface area contributed by atoms with Gasteiger partial charge in [-0.1, -0.05) is 12.1 Å². The molecule has 0 amide bonds. The molecule has 3 N–H and O–H groups in total. The minimum atomic E-state index is 0.453. The molecule has 0 aliphatic rings. The van der Waals surface area contributed by atoms with Crippen LogP contribution in [0.15, 0.2) is 46.3 Å². The van der Waals surface area contributed by atoms with Gasteiger partial charge in [-0.15, -0.1) is 22.0 Å². The number of aromatic amines is 1. The van der Waals surface area contributed by atoms with Crippen molar-refractivity contribution in [1.82, 2.24) is 35.7 Å². The highest BCUT2D eigenvalue weighted by molar-refractivity contribution is 8.00. The fourth-order valence-electron chi connectivity index (χ4n) is 3.08. The van der Waals surface area contributed by atoms with Gasteiger partial charge in [-0.25, -0.2) is 0 Å². The first-order chi connectivity index (χ1) is 13.7.